The van der Waals surface area contributed by atoms with E-state index in [4.69, 9.17) is 5.73 Å². The molecule has 2 atom stereocenters. The Morgan fingerprint density at radius 2 is 2.26 bits per heavy atom. The van der Waals surface area contributed by atoms with Crippen LogP contribution >= 0.6 is 0 Å². The number of H-pyrrole nitrogens is 1. The van der Waals surface area contributed by atoms with Gasteiger partial charge in [-0.25, -0.2) is 0 Å². The van der Waals surface area contributed by atoms with Crippen LogP contribution in [0.25, 0.3) is 0 Å². The van der Waals surface area contributed by atoms with E-state index in [1.807, 2.05) is 6.92 Å². The third kappa shape index (κ3) is 2.78. The van der Waals surface area contributed by atoms with E-state index in [2.05, 4.69) is 4.98 Å². The Kier molecular flexibility index (Phi) is 3.90. The van der Waals surface area contributed by atoms with Crippen molar-refractivity contribution in [3.05, 3.63) is 28.0 Å². The van der Waals surface area contributed by atoms with Gasteiger partial charge in [0.15, 0.2) is 5.88 Å². The van der Waals surface area contributed by atoms with Crippen molar-refractivity contribution in [2.75, 3.05) is 6.54 Å². The second-order valence-corrected chi connectivity index (χ2v) is 5.00. The maximum Gasteiger partial charge on any atom is 0.254 e. The van der Waals surface area contributed by atoms with Gasteiger partial charge in [-0.2, -0.15) is 0 Å². The molecule has 1 saturated heterocycles. The molecule has 1 aromatic heterocycles. The molecule has 1 aliphatic heterocycles. The van der Waals surface area contributed by atoms with Gasteiger partial charge >= 0.3 is 0 Å². The molecule has 0 aromatic carbocycles. The first-order valence-corrected chi connectivity index (χ1v) is 6.49. The zero-order chi connectivity index (χ0) is 14.0. The molecule has 1 amide bonds. The predicted molar refractivity (Wildman–Crippen MR) is 71.1 cm³/mol. The van der Waals surface area contributed by atoms with Gasteiger partial charge in [0.1, 0.15) is 0 Å². The van der Waals surface area contributed by atoms with Gasteiger partial charge in [-0.05, 0) is 26.2 Å². The van der Waals surface area contributed by atoms with E-state index < -0.39 is 5.56 Å². The maximum absolute atomic E-state index is 12.5. The summed E-state index contributed by atoms with van der Waals surface area (Å²) in [7, 11) is 0. The Hall–Kier alpha value is -1.82. The molecular weight excluding hydrogens is 246 g/mol. The Balaban J connectivity index is 2.32. The lowest BCUT2D eigenvalue weighted by Crippen LogP contribution is -2.52. The number of rotatable bonds is 2. The summed E-state index contributed by atoms with van der Waals surface area (Å²) in [4.78, 5) is 27.8. The average Bonchev–Trinajstić information content (AvgIpc) is 2.36. The molecule has 0 radical (unpaired) electrons. The van der Waals surface area contributed by atoms with E-state index in [-0.39, 0.29) is 29.4 Å². The summed E-state index contributed by atoms with van der Waals surface area (Å²) in [5.74, 6) is -0.547. The molecule has 19 heavy (non-hydrogen) atoms. The minimum Gasteiger partial charge on any atom is -0.494 e. The van der Waals surface area contributed by atoms with Crippen molar-refractivity contribution < 1.29 is 9.90 Å². The molecule has 1 fully saturated rings. The highest BCUT2D eigenvalue weighted by molar-refractivity contribution is 5.94. The van der Waals surface area contributed by atoms with Crippen LogP contribution in [0.15, 0.2) is 16.9 Å². The fraction of sp³-hybridized carbons (Fsp3) is 0.538. The fourth-order valence-electron chi connectivity index (χ4n) is 2.69. The first-order valence-electron chi connectivity index (χ1n) is 6.49. The SMILES string of the molecule is CC1CCCC(CN)N1C(=O)c1cc(O)[nH]c(=O)c1. The van der Waals surface area contributed by atoms with Crippen LogP contribution in [-0.4, -0.2) is 39.5 Å². The van der Waals surface area contributed by atoms with Crippen molar-refractivity contribution in [1.29, 1.82) is 0 Å². The number of amides is 1. The molecule has 1 aromatic rings. The van der Waals surface area contributed by atoms with Crippen LogP contribution in [0.5, 0.6) is 5.88 Å². The molecule has 0 saturated carbocycles. The molecule has 0 bridgehead atoms. The zero-order valence-corrected chi connectivity index (χ0v) is 10.9. The van der Waals surface area contributed by atoms with Crippen LogP contribution in [0.3, 0.4) is 0 Å². The standard InChI is InChI=1S/C13H19N3O3/c1-8-3-2-4-10(7-14)16(8)13(19)9-5-11(17)15-12(18)6-9/h5-6,8,10H,2-4,7,14H2,1H3,(H2,15,17,18). The van der Waals surface area contributed by atoms with Crippen LogP contribution in [-0.2, 0) is 0 Å². The van der Waals surface area contributed by atoms with E-state index in [9.17, 15) is 14.7 Å². The monoisotopic (exact) mass is 265 g/mol. The Morgan fingerprint density at radius 1 is 1.53 bits per heavy atom. The van der Waals surface area contributed by atoms with E-state index in [0.717, 1.165) is 19.3 Å². The van der Waals surface area contributed by atoms with Gasteiger partial charge in [0, 0.05) is 30.8 Å². The molecule has 2 unspecified atom stereocenters. The van der Waals surface area contributed by atoms with Crippen molar-refractivity contribution in [2.24, 2.45) is 5.73 Å². The number of aromatic nitrogens is 1. The summed E-state index contributed by atoms with van der Waals surface area (Å²) in [5.41, 5.74) is 5.43. The average molecular weight is 265 g/mol. The smallest absolute Gasteiger partial charge is 0.254 e. The van der Waals surface area contributed by atoms with Crippen molar-refractivity contribution in [3.8, 4) is 5.88 Å². The molecule has 0 aliphatic carbocycles. The number of pyridine rings is 1. The first kappa shape index (κ1) is 13.6. The largest absolute Gasteiger partial charge is 0.494 e. The van der Waals surface area contributed by atoms with E-state index in [0.29, 0.717) is 6.54 Å². The number of hydrogen-bond acceptors (Lipinski definition) is 4. The van der Waals surface area contributed by atoms with E-state index in [1.165, 1.54) is 12.1 Å². The molecule has 1 aliphatic rings. The number of nitrogens with one attached hydrogen (secondary N) is 1. The minimum atomic E-state index is -0.489. The van der Waals surface area contributed by atoms with Crippen LogP contribution in [0, 0.1) is 0 Å². The number of piperidine rings is 1. The fourth-order valence-corrected chi connectivity index (χ4v) is 2.69. The molecule has 2 heterocycles. The Labute approximate surface area is 111 Å². The zero-order valence-electron chi connectivity index (χ0n) is 10.9. The summed E-state index contributed by atoms with van der Waals surface area (Å²) in [6, 6.07) is 2.57. The van der Waals surface area contributed by atoms with Gasteiger partial charge in [0.25, 0.3) is 11.5 Å². The van der Waals surface area contributed by atoms with Crippen LogP contribution in [0.4, 0.5) is 0 Å². The second-order valence-electron chi connectivity index (χ2n) is 5.00. The lowest BCUT2D eigenvalue weighted by Gasteiger charge is -2.40. The number of aromatic amines is 1. The molecular formula is C13H19N3O3. The molecule has 2 rings (SSSR count). The summed E-state index contributed by atoms with van der Waals surface area (Å²) in [6.45, 7) is 2.39. The minimum absolute atomic E-state index is 0.00215. The lowest BCUT2D eigenvalue weighted by atomic mass is 9.95. The predicted octanol–water partition coefficient (Wildman–Crippen LogP) is 0.422. The van der Waals surface area contributed by atoms with Crippen LogP contribution in [0.1, 0.15) is 36.5 Å². The van der Waals surface area contributed by atoms with Gasteiger partial charge < -0.3 is 15.7 Å². The number of hydrogen-bond donors (Lipinski definition) is 3. The highest BCUT2D eigenvalue weighted by atomic mass is 16.3. The summed E-state index contributed by atoms with van der Waals surface area (Å²) < 4.78 is 0. The van der Waals surface area contributed by atoms with Crippen molar-refractivity contribution in [3.63, 3.8) is 0 Å². The van der Waals surface area contributed by atoms with Gasteiger partial charge in [-0.3, -0.25) is 14.6 Å². The Bertz CT molecular complexity index is 526. The van der Waals surface area contributed by atoms with Gasteiger partial charge in [0.2, 0.25) is 0 Å². The lowest BCUT2D eigenvalue weighted by molar-refractivity contribution is 0.0493. The number of likely N-dealkylation sites (tertiary alicyclic amines) is 1. The quantitative estimate of drug-likeness (QED) is 0.721. The number of nitrogens with two attached hydrogens (primary N) is 1. The topological polar surface area (TPSA) is 99.4 Å². The number of nitrogens with zero attached hydrogens (tertiary/aromatic N) is 1. The molecule has 4 N–H and O–H groups in total. The normalized spacial score (nSPS) is 23.4. The Morgan fingerprint density at radius 3 is 2.89 bits per heavy atom. The number of carbonyl (C=O) groups is 1. The summed E-state index contributed by atoms with van der Waals surface area (Å²) >= 11 is 0. The number of carbonyl (C=O) groups excluding carboxylic acids is 1. The third-order valence-corrected chi connectivity index (χ3v) is 3.61. The van der Waals surface area contributed by atoms with E-state index >= 15 is 0 Å². The van der Waals surface area contributed by atoms with Crippen molar-refractivity contribution >= 4 is 5.91 Å². The van der Waals surface area contributed by atoms with Crippen molar-refractivity contribution in [1.82, 2.24) is 9.88 Å². The summed E-state index contributed by atoms with van der Waals surface area (Å²) in [6.07, 6.45) is 2.85. The third-order valence-electron chi connectivity index (χ3n) is 3.61. The molecule has 6 heteroatoms. The highest BCUT2D eigenvalue weighted by Gasteiger charge is 2.31. The number of aromatic hydroxyl groups is 1. The molecule has 6 nitrogen and oxygen atoms in total. The molecule has 104 valence electrons. The second kappa shape index (κ2) is 5.44. The van der Waals surface area contributed by atoms with Crippen molar-refractivity contribution in [2.45, 2.75) is 38.3 Å². The van der Waals surface area contributed by atoms with E-state index in [1.54, 1.807) is 4.90 Å². The van der Waals surface area contributed by atoms with Crippen LogP contribution in [0.2, 0.25) is 0 Å². The first-order chi connectivity index (χ1) is 9.02. The van der Waals surface area contributed by atoms with Crippen LogP contribution < -0.4 is 11.3 Å². The van der Waals surface area contributed by atoms with Gasteiger partial charge in [-0.1, -0.05) is 0 Å². The van der Waals surface area contributed by atoms with Gasteiger partial charge in [0.05, 0.1) is 5.56 Å². The van der Waals surface area contributed by atoms with Gasteiger partial charge in [-0.15, -0.1) is 0 Å². The molecule has 0 spiro atoms. The summed E-state index contributed by atoms with van der Waals surface area (Å²) in [5, 5.41) is 9.38. The highest BCUT2D eigenvalue weighted by Crippen LogP contribution is 2.24. The maximum atomic E-state index is 12.5.